The Labute approximate surface area is 196 Å². The van der Waals surface area contributed by atoms with Crippen molar-refractivity contribution in [3.05, 3.63) is 64.6 Å². The maximum atomic E-state index is 14.2. The molecule has 12 heteroatoms. The molecule has 1 aliphatic rings. The van der Waals surface area contributed by atoms with E-state index in [1.807, 2.05) is 0 Å². The minimum atomic E-state index is -3.06. The number of nitrogens with two attached hydrogens (primary N) is 1. The third-order valence-corrected chi connectivity index (χ3v) is 5.60. The molecular weight excluding hydrogens is 475 g/mol. The molecule has 3 aromatic rings. The number of pyridine rings is 1. The van der Waals surface area contributed by atoms with Crippen molar-refractivity contribution >= 4 is 22.5 Å². The van der Waals surface area contributed by atoms with E-state index in [4.69, 9.17) is 15.2 Å². The average Bonchev–Trinajstić information content (AvgIpc) is 2.83. The van der Waals surface area contributed by atoms with Crippen LogP contribution < -0.4 is 15.8 Å². The van der Waals surface area contributed by atoms with Crippen LogP contribution in [-0.2, 0) is 11.3 Å². The van der Waals surface area contributed by atoms with Gasteiger partial charge in [-0.25, -0.2) is 31.7 Å². The molecule has 0 radical (unpaired) electrons. The zero-order chi connectivity index (χ0) is 25.3. The summed E-state index contributed by atoms with van der Waals surface area (Å²) in [6, 6.07) is 3.25. The number of nitrogens with one attached hydrogen (secondary N) is 1. The molecule has 0 saturated carbocycles. The van der Waals surface area contributed by atoms with E-state index in [0.717, 1.165) is 30.3 Å². The van der Waals surface area contributed by atoms with Crippen LogP contribution in [0.15, 0.2) is 30.3 Å². The van der Waals surface area contributed by atoms with Gasteiger partial charge in [-0.15, -0.1) is 0 Å². The Kier molecular flexibility index (Phi) is 7.03. The number of likely N-dealkylation sites (N-methyl/N-ethyl adjacent to an activating group) is 1. The van der Waals surface area contributed by atoms with Gasteiger partial charge in [-0.2, -0.15) is 0 Å². The number of urea groups is 1. The lowest BCUT2D eigenvalue weighted by atomic mass is 9.95. The maximum Gasteiger partial charge on any atom is 0.322 e. The van der Waals surface area contributed by atoms with Gasteiger partial charge in [0.25, 0.3) is 6.43 Å². The number of benzene rings is 2. The third-order valence-electron chi connectivity index (χ3n) is 5.60. The number of aromatic nitrogens is 1. The standard InChI is InChI=1S/C23H21F5N4O3/c1-32(23(33)30-11-2-3-15(24)14(6-11)21(27)28)19-10-34-9-18-20(19)12-7-16(25)17(26)8-13(12)22(31-18)35-5-4-29/h2-3,6-8,19,21H,4-5,9-10,29H2,1H3,(H,30,33)/t19-/m1/s1. The monoisotopic (exact) mass is 496 g/mol. The molecule has 1 aromatic heterocycles. The van der Waals surface area contributed by atoms with Gasteiger partial charge >= 0.3 is 6.03 Å². The highest BCUT2D eigenvalue weighted by atomic mass is 19.3. The Balaban J connectivity index is 1.71. The van der Waals surface area contributed by atoms with E-state index in [9.17, 15) is 26.7 Å². The van der Waals surface area contributed by atoms with Crippen LogP contribution in [0.25, 0.3) is 10.8 Å². The summed E-state index contributed by atoms with van der Waals surface area (Å²) in [5, 5.41) is 2.90. The van der Waals surface area contributed by atoms with Crippen molar-refractivity contribution in [2.75, 3.05) is 32.1 Å². The molecule has 0 bridgehead atoms. The minimum absolute atomic E-state index is 0.00139. The molecule has 0 saturated heterocycles. The van der Waals surface area contributed by atoms with Gasteiger partial charge in [0, 0.05) is 30.2 Å². The Morgan fingerprint density at radius 2 is 1.91 bits per heavy atom. The number of halogens is 5. The lowest BCUT2D eigenvalue weighted by molar-refractivity contribution is 0.0524. The molecule has 2 amide bonds. The van der Waals surface area contributed by atoms with Crippen LogP contribution in [0.3, 0.4) is 0 Å². The SMILES string of the molecule is CN(C(=O)Nc1ccc(F)c(C(F)F)c1)[C@@H]1COCc2nc(OCCN)c3cc(F)c(F)cc3c21. The van der Waals surface area contributed by atoms with E-state index < -0.39 is 41.5 Å². The second-order valence-electron chi connectivity index (χ2n) is 7.84. The van der Waals surface area contributed by atoms with Crippen molar-refractivity contribution in [2.24, 2.45) is 5.73 Å². The number of carbonyl (C=O) groups is 1. The summed E-state index contributed by atoms with van der Waals surface area (Å²) in [4.78, 5) is 18.5. The molecule has 0 aliphatic carbocycles. The smallest absolute Gasteiger partial charge is 0.322 e. The molecule has 35 heavy (non-hydrogen) atoms. The lowest BCUT2D eigenvalue weighted by Crippen LogP contribution is -2.39. The molecular formula is C23H21F5N4O3. The van der Waals surface area contributed by atoms with Gasteiger partial charge in [0.1, 0.15) is 12.4 Å². The van der Waals surface area contributed by atoms with Gasteiger partial charge in [0.15, 0.2) is 11.6 Å². The van der Waals surface area contributed by atoms with Crippen molar-refractivity contribution < 1.29 is 36.2 Å². The van der Waals surface area contributed by atoms with Crippen LogP contribution in [0.5, 0.6) is 5.88 Å². The Hall–Kier alpha value is -3.51. The summed E-state index contributed by atoms with van der Waals surface area (Å²) in [5.74, 6) is -3.25. The quantitative estimate of drug-likeness (QED) is 0.485. The number of rotatable bonds is 6. The van der Waals surface area contributed by atoms with E-state index in [-0.39, 0.29) is 48.7 Å². The first kappa shape index (κ1) is 24.6. The topological polar surface area (TPSA) is 89.7 Å². The van der Waals surface area contributed by atoms with Gasteiger partial charge < -0.3 is 25.4 Å². The number of fused-ring (bicyclic) bond motifs is 3. The van der Waals surface area contributed by atoms with Gasteiger partial charge in [-0.05, 0) is 35.7 Å². The molecule has 3 N–H and O–H groups in total. The number of nitrogens with zero attached hydrogens (tertiary/aromatic N) is 2. The minimum Gasteiger partial charge on any atom is -0.476 e. The highest BCUT2D eigenvalue weighted by Crippen LogP contribution is 2.39. The van der Waals surface area contributed by atoms with Gasteiger partial charge in [-0.1, -0.05) is 0 Å². The Morgan fingerprint density at radius 3 is 2.60 bits per heavy atom. The molecule has 186 valence electrons. The molecule has 1 atom stereocenters. The summed E-state index contributed by atoms with van der Waals surface area (Å²) >= 11 is 0. The zero-order valence-corrected chi connectivity index (χ0v) is 18.5. The fourth-order valence-electron chi connectivity index (χ4n) is 3.89. The van der Waals surface area contributed by atoms with E-state index in [1.54, 1.807) is 0 Å². The predicted octanol–water partition coefficient (Wildman–Crippen LogP) is 4.66. The molecule has 4 rings (SSSR count). The van der Waals surface area contributed by atoms with E-state index in [0.29, 0.717) is 11.3 Å². The summed E-state index contributed by atoms with van der Waals surface area (Å²) in [7, 11) is 1.42. The number of carbonyl (C=O) groups excluding carboxylic acids is 1. The normalized spacial score (nSPS) is 15.3. The van der Waals surface area contributed by atoms with Crippen molar-refractivity contribution in [3.8, 4) is 5.88 Å². The molecule has 0 fully saturated rings. The average molecular weight is 496 g/mol. The van der Waals surface area contributed by atoms with Crippen LogP contribution >= 0.6 is 0 Å². The van der Waals surface area contributed by atoms with Gasteiger partial charge in [0.05, 0.1) is 30.5 Å². The molecule has 0 unspecified atom stereocenters. The number of hydrogen-bond acceptors (Lipinski definition) is 5. The predicted molar refractivity (Wildman–Crippen MR) is 117 cm³/mol. The largest absolute Gasteiger partial charge is 0.476 e. The number of amides is 2. The molecule has 2 aromatic carbocycles. The highest BCUT2D eigenvalue weighted by molar-refractivity contribution is 5.93. The summed E-state index contributed by atoms with van der Waals surface area (Å²) < 4.78 is 79.0. The van der Waals surface area contributed by atoms with Crippen LogP contribution in [0.1, 0.15) is 29.3 Å². The molecule has 1 aliphatic heterocycles. The number of alkyl halides is 2. The Bertz CT molecular complexity index is 1270. The first-order valence-electron chi connectivity index (χ1n) is 10.5. The summed E-state index contributed by atoms with van der Waals surface area (Å²) in [6.45, 7) is 0.291. The first-order valence-corrected chi connectivity index (χ1v) is 10.5. The second-order valence-corrected chi connectivity index (χ2v) is 7.84. The third kappa shape index (κ3) is 4.84. The molecule has 0 spiro atoms. The van der Waals surface area contributed by atoms with Crippen molar-refractivity contribution in [3.63, 3.8) is 0 Å². The van der Waals surface area contributed by atoms with Gasteiger partial charge in [-0.3, -0.25) is 0 Å². The van der Waals surface area contributed by atoms with Crippen LogP contribution in [0.2, 0.25) is 0 Å². The van der Waals surface area contributed by atoms with Crippen LogP contribution in [-0.4, -0.2) is 42.7 Å². The van der Waals surface area contributed by atoms with E-state index in [1.165, 1.54) is 11.9 Å². The summed E-state index contributed by atoms with van der Waals surface area (Å²) in [5.41, 5.74) is 5.36. The van der Waals surface area contributed by atoms with Gasteiger partial charge in [0.2, 0.25) is 5.88 Å². The van der Waals surface area contributed by atoms with E-state index >= 15 is 0 Å². The molecule has 2 heterocycles. The van der Waals surface area contributed by atoms with Crippen molar-refractivity contribution in [1.82, 2.24) is 9.88 Å². The van der Waals surface area contributed by atoms with Crippen LogP contribution in [0.4, 0.5) is 32.4 Å². The van der Waals surface area contributed by atoms with Crippen LogP contribution in [0, 0.1) is 17.5 Å². The number of ether oxygens (including phenoxy) is 2. The fraction of sp³-hybridized carbons (Fsp3) is 0.304. The number of anilines is 1. The summed E-state index contributed by atoms with van der Waals surface area (Å²) in [6.07, 6.45) is -3.06. The second kappa shape index (κ2) is 10.0. The highest BCUT2D eigenvalue weighted by Gasteiger charge is 2.32. The fourth-order valence-corrected chi connectivity index (χ4v) is 3.89. The Morgan fingerprint density at radius 1 is 1.20 bits per heavy atom. The molecule has 7 nitrogen and oxygen atoms in total. The lowest BCUT2D eigenvalue weighted by Gasteiger charge is -2.34. The maximum absolute atomic E-state index is 14.2. The van der Waals surface area contributed by atoms with Crippen molar-refractivity contribution in [1.29, 1.82) is 0 Å². The zero-order valence-electron chi connectivity index (χ0n) is 18.5. The first-order chi connectivity index (χ1) is 16.7. The van der Waals surface area contributed by atoms with Crippen molar-refractivity contribution in [2.45, 2.75) is 19.1 Å². The number of hydrogen-bond donors (Lipinski definition) is 2. The van der Waals surface area contributed by atoms with E-state index in [2.05, 4.69) is 10.3 Å².